The van der Waals surface area contributed by atoms with Gasteiger partial charge in [-0.2, -0.15) is 0 Å². The number of ketones is 1. The van der Waals surface area contributed by atoms with Crippen molar-refractivity contribution in [2.24, 2.45) is 23.7 Å². The molecule has 0 spiro atoms. The molecule has 5 rings (SSSR count). The van der Waals surface area contributed by atoms with Gasteiger partial charge in [0.25, 0.3) is 0 Å². The van der Waals surface area contributed by atoms with Gasteiger partial charge in [-0.25, -0.2) is 4.90 Å². The Morgan fingerprint density at radius 2 is 1.67 bits per heavy atom. The van der Waals surface area contributed by atoms with E-state index in [2.05, 4.69) is 12.2 Å². The van der Waals surface area contributed by atoms with Crippen molar-refractivity contribution in [2.75, 3.05) is 12.0 Å². The number of allylic oxidation sites excluding steroid dienone is 2. The van der Waals surface area contributed by atoms with E-state index in [9.17, 15) is 14.4 Å². The first kappa shape index (κ1) is 15.1. The minimum Gasteiger partial charge on any atom is -0.495 e. The van der Waals surface area contributed by atoms with Crippen molar-refractivity contribution >= 4 is 23.3 Å². The molecule has 0 N–H and O–H groups in total. The number of amides is 2. The maximum atomic E-state index is 13.0. The third-order valence-electron chi connectivity index (χ3n) is 5.59. The predicted molar refractivity (Wildman–Crippen MR) is 87.8 cm³/mol. The summed E-state index contributed by atoms with van der Waals surface area (Å²) < 4.78 is 5.34. The van der Waals surface area contributed by atoms with Crippen LogP contribution in [0.3, 0.4) is 0 Å². The number of fused-ring (bicyclic) bond motifs is 1. The zero-order valence-electron chi connectivity index (χ0n) is 13.7. The van der Waals surface area contributed by atoms with Crippen LogP contribution in [0.25, 0.3) is 0 Å². The van der Waals surface area contributed by atoms with Gasteiger partial charge < -0.3 is 4.74 Å². The Morgan fingerprint density at radius 1 is 1.08 bits per heavy atom. The van der Waals surface area contributed by atoms with Gasteiger partial charge in [-0.3, -0.25) is 14.4 Å². The molecule has 24 heavy (non-hydrogen) atoms. The van der Waals surface area contributed by atoms with Gasteiger partial charge in [-0.05, 0) is 49.8 Å². The molecule has 5 nitrogen and oxygen atoms in total. The lowest BCUT2D eigenvalue weighted by Gasteiger charge is -2.38. The molecule has 1 aliphatic heterocycles. The predicted octanol–water partition coefficient (Wildman–Crippen LogP) is 2.60. The van der Waals surface area contributed by atoms with E-state index >= 15 is 0 Å². The van der Waals surface area contributed by atoms with Gasteiger partial charge in [-0.1, -0.05) is 12.2 Å². The van der Waals surface area contributed by atoms with E-state index in [1.807, 2.05) is 0 Å². The Labute approximate surface area is 140 Å². The average molecular weight is 325 g/mol. The first-order valence-electron chi connectivity index (χ1n) is 8.28. The Hall–Kier alpha value is -2.43. The number of hydrogen-bond acceptors (Lipinski definition) is 4. The van der Waals surface area contributed by atoms with Gasteiger partial charge in [0, 0.05) is 5.56 Å². The van der Waals surface area contributed by atoms with Gasteiger partial charge in [0.15, 0.2) is 5.78 Å². The third-order valence-corrected chi connectivity index (χ3v) is 5.59. The Balaban J connectivity index is 1.80. The van der Waals surface area contributed by atoms with Crippen molar-refractivity contribution in [1.29, 1.82) is 0 Å². The summed E-state index contributed by atoms with van der Waals surface area (Å²) in [5, 5.41) is 0. The van der Waals surface area contributed by atoms with Crippen molar-refractivity contribution in [3.05, 3.63) is 35.9 Å². The lowest BCUT2D eigenvalue weighted by Crippen LogP contribution is -2.38. The summed E-state index contributed by atoms with van der Waals surface area (Å²) in [5.41, 5.74) is 0.844. The third kappa shape index (κ3) is 1.97. The van der Waals surface area contributed by atoms with E-state index in [0.29, 0.717) is 17.0 Å². The summed E-state index contributed by atoms with van der Waals surface area (Å²) in [6.07, 6.45) is 6.10. The second kappa shape index (κ2) is 5.30. The SMILES string of the molecule is COc1ccc(C(C)=O)cc1N1C(=O)C2C3C=CC(CC3)C2C1=O. The number of methoxy groups -OCH3 is 1. The topological polar surface area (TPSA) is 63.7 Å². The molecule has 1 aromatic carbocycles. The fourth-order valence-electron chi connectivity index (χ4n) is 4.40. The molecule has 4 aliphatic rings. The van der Waals surface area contributed by atoms with Crippen LogP contribution in [0, 0.1) is 23.7 Å². The van der Waals surface area contributed by atoms with Crippen LogP contribution < -0.4 is 9.64 Å². The minimum absolute atomic E-state index is 0.114. The molecule has 4 atom stereocenters. The van der Waals surface area contributed by atoms with Gasteiger partial charge >= 0.3 is 0 Å². The number of ether oxygens (including phenoxy) is 1. The van der Waals surface area contributed by atoms with E-state index in [1.165, 1.54) is 18.9 Å². The van der Waals surface area contributed by atoms with Crippen molar-refractivity contribution in [3.63, 3.8) is 0 Å². The maximum Gasteiger partial charge on any atom is 0.238 e. The van der Waals surface area contributed by atoms with Gasteiger partial charge in [0.05, 0.1) is 24.6 Å². The Morgan fingerprint density at radius 3 is 2.12 bits per heavy atom. The highest BCUT2D eigenvalue weighted by atomic mass is 16.5. The van der Waals surface area contributed by atoms with E-state index in [1.54, 1.807) is 18.2 Å². The summed E-state index contributed by atoms with van der Waals surface area (Å²) >= 11 is 0. The van der Waals surface area contributed by atoms with Crippen LogP contribution >= 0.6 is 0 Å². The van der Waals surface area contributed by atoms with Gasteiger partial charge in [0.1, 0.15) is 5.75 Å². The molecular formula is C19H19NO4. The maximum absolute atomic E-state index is 13.0. The number of Topliss-reactive ketones (excluding diaryl/α,β-unsaturated/α-hetero) is 1. The monoisotopic (exact) mass is 325 g/mol. The van der Waals surface area contributed by atoms with Crippen molar-refractivity contribution < 1.29 is 19.1 Å². The standard InChI is InChI=1S/C19H19NO4/c1-10(21)13-7-8-15(24-2)14(9-13)20-18(22)16-11-3-4-12(6-5-11)17(16)19(20)23/h3-4,7-9,11-12,16-17H,5-6H2,1-2H3. The van der Waals surface area contributed by atoms with Crippen LogP contribution in [0.4, 0.5) is 5.69 Å². The van der Waals surface area contributed by atoms with Crippen LogP contribution in [-0.2, 0) is 9.59 Å². The number of carbonyl (C=O) groups excluding carboxylic acids is 3. The van der Waals surface area contributed by atoms with Crippen molar-refractivity contribution in [1.82, 2.24) is 0 Å². The van der Waals surface area contributed by atoms with E-state index in [4.69, 9.17) is 4.74 Å². The Kier molecular flexibility index (Phi) is 3.34. The molecule has 1 saturated carbocycles. The summed E-state index contributed by atoms with van der Waals surface area (Å²) in [6, 6.07) is 4.87. The number of nitrogens with zero attached hydrogens (tertiary/aromatic N) is 1. The molecule has 1 aromatic rings. The average Bonchev–Trinajstić information content (AvgIpc) is 2.88. The molecule has 1 heterocycles. The molecule has 0 radical (unpaired) electrons. The van der Waals surface area contributed by atoms with Crippen LogP contribution in [0.2, 0.25) is 0 Å². The lowest BCUT2D eigenvalue weighted by molar-refractivity contribution is -0.124. The summed E-state index contributed by atoms with van der Waals surface area (Å²) in [5.74, 6) is -0.269. The highest BCUT2D eigenvalue weighted by molar-refractivity contribution is 6.23. The number of hydrogen-bond donors (Lipinski definition) is 0. The molecule has 2 amide bonds. The number of anilines is 1. The number of rotatable bonds is 3. The largest absolute Gasteiger partial charge is 0.495 e. The quantitative estimate of drug-likeness (QED) is 0.487. The summed E-state index contributed by atoms with van der Waals surface area (Å²) in [6.45, 7) is 1.46. The zero-order chi connectivity index (χ0) is 17.0. The number of carbonyl (C=O) groups is 3. The van der Waals surface area contributed by atoms with Gasteiger partial charge in [-0.15, -0.1) is 0 Å². The minimum atomic E-state index is -0.271. The first-order valence-corrected chi connectivity index (χ1v) is 8.28. The second-order valence-electron chi connectivity index (χ2n) is 6.80. The zero-order valence-corrected chi connectivity index (χ0v) is 13.7. The highest BCUT2D eigenvalue weighted by Crippen LogP contribution is 2.51. The molecule has 1 saturated heterocycles. The van der Waals surface area contributed by atoms with E-state index in [0.717, 1.165) is 12.8 Å². The molecule has 5 heteroatoms. The van der Waals surface area contributed by atoms with Crippen molar-refractivity contribution in [3.8, 4) is 5.75 Å². The second-order valence-corrected chi connectivity index (χ2v) is 6.80. The van der Waals surface area contributed by atoms with Crippen LogP contribution in [0.5, 0.6) is 5.75 Å². The van der Waals surface area contributed by atoms with Crippen LogP contribution in [0.1, 0.15) is 30.1 Å². The lowest BCUT2D eigenvalue weighted by atomic mass is 9.63. The molecule has 0 aromatic heterocycles. The normalized spacial score (nSPS) is 30.7. The molecule has 2 fully saturated rings. The fourth-order valence-corrected chi connectivity index (χ4v) is 4.40. The van der Waals surface area contributed by atoms with Crippen LogP contribution in [-0.4, -0.2) is 24.7 Å². The fraction of sp³-hybridized carbons (Fsp3) is 0.421. The van der Waals surface area contributed by atoms with Crippen molar-refractivity contribution in [2.45, 2.75) is 19.8 Å². The van der Waals surface area contributed by atoms with E-state index in [-0.39, 0.29) is 41.3 Å². The highest BCUT2D eigenvalue weighted by Gasteiger charge is 2.57. The molecule has 3 aliphatic carbocycles. The molecule has 4 unspecified atom stereocenters. The molecular weight excluding hydrogens is 306 g/mol. The van der Waals surface area contributed by atoms with E-state index < -0.39 is 0 Å². The number of benzene rings is 1. The smallest absolute Gasteiger partial charge is 0.238 e. The van der Waals surface area contributed by atoms with Gasteiger partial charge in [0.2, 0.25) is 11.8 Å². The Bertz CT molecular complexity index is 750. The van der Waals surface area contributed by atoms with Crippen LogP contribution in [0.15, 0.2) is 30.4 Å². The number of imide groups is 1. The molecule has 124 valence electrons. The molecule has 2 bridgehead atoms. The summed E-state index contributed by atoms with van der Waals surface area (Å²) in [7, 11) is 1.50. The summed E-state index contributed by atoms with van der Waals surface area (Å²) in [4.78, 5) is 39.0. The first-order chi connectivity index (χ1) is 11.5.